The number of aromatic nitrogens is 3. The van der Waals surface area contributed by atoms with Crippen molar-refractivity contribution in [3.8, 4) is 0 Å². The number of anilines is 2. The van der Waals surface area contributed by atoms with Crippen LogP contribution in [0, 0.1) is 5.41 Å². The molecule has 3 aromatic carbocycles. The van der Waals surface area contributed by atoms with Crippen molar-refractivity contribution in [2.45, 2.75) is 12.0 Å². The van der Waals surface area contributed by atoms with Gasteiger partial charge in [-0.05, 0) is 70.1 Å². The van der Waals surface area contributed by atoms with Gasteiger partial charge in [-0.1, -0.05) is 47.1 Å². The van der Waals surface area contributed by atoms with Gasteiger partial charge in [0.05, 0.1) is 23.7 Å². The van der Waals surface area contributed by atoms with E-state index in [1.807, 2.05) is 79.1 Å². The molecule has 0 aliphatic rings. The number of halogens is 1. The zero-order valence-corrected chi connectivity index (χ0v) is 26.3. The zero-order chi connectivity index (χ0) is 29.1. The largest absolute Gasteiger partial charge is 0.378 e. The minimum atomic E-state index is -1.42. The van der Waals surface area contributed by atoms with Crippen LogP contribution < -0.4 is 15.4 Å². The van der Waals surface area contributed by atoms with Crippen LogP contribution in [0.5, 0.6) is 0 Å². The van der Waals surface area contributed by atoms with Crippen LogP contribution in [0.15, 0.2) is 91.5 Å². The molecule has 0 radical (unpaired) electrons. The standard InChI is InChI=1S/C32H33ClN6OSi/c1-38(2)25-12-7-22(8-13-25)32(40,29-19-35-20-39(29)3)23-9-14-28-26(18-23)30(41)27(31(33)37-28)17-21-5-10-24(11-6-21)36-16-4-15-34/h4-16,18-20,34,36,40H,17H2,1-3,41H3/b16-4-,34-15?. The molecule has 208 valence electrons. The Bertz CT molecular complexity index is 1730. The minimum absolute atomic E-state index is 0.507. The number of aliphatic hydroxyl groups is 1. The predicted molar refractivity (Wildman–Crippen MR) is 173 cm³/mol. The molecule has 1 atom stereocenters. The lowest BCUT2D eigenvalue weighted by atomic mass is 9.83. The number of allylic oxidation sites excluding steroid dienone is 1. The number of pyridine rings is 1. The summed E-state index contributed by atoms with van der Waals surface area (Å²) < 4.78 is 1.86. The zero-order valence-electron chi connectivity index (χ0n) is 23.6. The molecule has 0 amide bonds. The number of imidazole rings is 1. The highest BCUT2D eigenvalue weighted by atomic mass is 35.5. The molecule has 0 aliphatic heterocycles. The van der Waals surface area contributed by atoms with Crippen molar-refractivity contribution in [3.05, 3.63) is 125 Å². The third-order valence-electron chi connectivity index (χ3n) is 7.50. The number of hydrogen-bond acceptors (Lipinski definition) is 6. The molecule has 0 fully saturated rings. The first-order chi connectivity index (χ1) is 19.7. The number of nitrogens with zero attached hydrogens (tertiary/aromatic N) is 4. The van der Waals surface area contributed by atoms with Gasteiger partial charge in [0, 0.05) is 61.6 Å². The van der Waals surface area contributed by atoms with Crippen molar-refractivity contribution in [2.24, 2.45) is 7.05 Å². The molecule has 0 saturated carbocycles. The summed E-state index contributed by atoms with van der Waals surface area (Å²) in [5.74, 6) is 0. The molecular weight excluding hydrogens is 548 g/mol. The first-order valence-electron chi connectivity index (χ1n) is 13.3. The molecule has 0 spiro atoms. The Morgan fingerprint density at radius 3 is 2.41 bits per heavy atom. The van der Waals surface area contributed by atoms with Crippen molar-refractivity contribution < 1.29 is 5.11 Å². The lowest BCUT2D eigenvalue weighted by Gasteiger charge is -2.30. The molecule has 3 N–H and O–H groups in total. The van der Waals surface area contributed by atoms with Gasteiger partial charge in [-0.3, -0.25) is 0 Å². The maximum Gasteiger partial charge on any atom is 0.156 e. The van der Waals surface area contributed by atoms with Gasteiger partial charge < -0.3 is 25.3 Å². The van der Waals surface area contributed by atoms with Crippen LogP contribution in [0.2, 0.25) is 5.15 Å². The number of nitrogens with one attached hydrogen (secondary N) is 2. The van der Waals surface area contributed by atoms with E-state index in [4.69, 9.17) is 22.0 Å². The van der Waals surface area contributed by atoms with E-state index in [1.54, 1.807) is 24.8 Å². The minimum Gasteiger partial charge on any atom is -0.378 e. The van der Waals surface area contributed by atoms with Crippen LogP contribution in [-0.2, 0) is 19.1 Å². The van der Waals surface area contributed by atoms with Crippen LogP contribution in [0.3, 0.4) is 0 Å². The fraction of sp³-hybridized carbons (Fsp3) is 0.156. The topological polar surface area (TPSA) is 90.1 Å². The number of benzene rings is 3. The summed E-state index contributed by atoms with van der Waals surface area (Å²) in [6, 6.07) is 22.0. The van der Waals surface area contributed by atoms with Crippen molar-refractivity contribution in [1.29, 1.82) is 5.41 Å². The highest BCUT2D eigenvalue weighted by Gasteiger charge is 2.37. The van der Waals surface area contributed by atoms with Gasteiger partial charge in [0.2, 0.25) is 0 Å². The second-order valence-corrected chi connectivity index (χ2v) is 11.7. The molecule has 5 rings (SSSR count). The Labute approximate surface area is 248 Å². The number of aryl methyl sites for hydroxylation is 1. The van der Waals surface area contributed by atoms with Gasteiger partial charge in [-0.15, -0.1) is 0 Å². The van der Waals surface area contributed by atoms with E-state index in [0.29, 0.717) is 17.3 Å². The smallest absolute Gasteiger partial charge is 0.156 e. The lowest BCUT2D eigenvalue weighted by molar-refractivity contribution is 0.117. The molecule has 2 heterocycles. The van der Waals surface area contributed by atoms with Gasteiger partial charge >= 0.3 is 0 Å². The van der Waals surface area contributed by atoms with E-state index in [1.165, 1.54) is 6.21 Å². The van der Waals surface area contributed by atoms with Crippen LogP contribution >= 0.6 is 11.6 Å². The van der Waals surface area contributed by atoms with E-state index >= 15 is 0 Å². The summed E-state index contributed by atoms with van der Waals surface area (Å²) in [7, 11) is 6.64. The van der Waals surface area contributed by atoms with Crippen molar-refractivity contribution in [1.82, 2.24) is 14.5 Å². The first-order valence-corrected chi connectivity index (χ1v) is 14.7. The molecule has 5 aromatic rings. The molecule has 41 heavy (non-hydrogen) atoms. The Hall–Kier alpha value is -4.24. The maximum absolute atomic E-state index is 12.5. The quantitative estimate of drug-likeness (QED) is 0.139. The molecular formula is C32H33ClN6OSi. The molecule has 7 nitrogen and oxygen atoms in total. The SMILES string of the molecule is CN(C)c1ccc(C(O)(c2ccc3nc(Cl)c(Cc4ccc(N/C=C\C=N)cc4)c([SiH3])c3c2)c2cncn2C)cc1. The summed E-state index contributed by atoms with van der Waals surface area (Å²) >= 11 is 6.75. The Balaban J connectivity index is 1.58. The fourth-order valence-electron chi connectivity index (χ4n) is 5.14. The summed E-state index contributed by atoms with van der Waals surface area (Å²) in [6.45, 7) is 0. The molecule has 9 heteroatoms. The molecule has 0 aliphatic carbocycles. The summed E-state index contributed by atoms with van der Waals surface area (Å²) in [5.41, 5.74) is 5.68. The average Bonchev–Trinajstić information content (AvgIpc) is 3.42. The monoisotopic (exact) mass is 580 g/mol. The van der Waals surface area contributed by atoms with Crippen LogP contribution in [-0.4, -0.2) is 50.2 Å². The van der Waals surface area contributed by atoms with Crippen LogP contribution in [0.1, 0.15) is 27.9 Å². The van der Waals surface area contributed by atoms with Crippen molar-refractivity contribution in [3.63, 3.8) is 0 Å². The third kappa shape index (κ3) is 5.54. The van der Waals surface area contributed by atoms with Crippen LogP contribution in [0.25, 0.3) is 10.9 Å². The predicted octanol–water partition coefficient (Wildman–Crippen LogP) is 4.13. The Morgan fingerprint density at radius 2 is 1.78 bits per heavy atom. The summed E-state index contributed by atoms with van der Waals surface area (Å²) in [6.07, 6.45) is 8.66. The Morgan fingerprint density at radius 1 is 1.07 bits per heavy atom. The maximum atomic E-state index is 12.5. The third-order valence-corrected chi connectivity index (χ3v) is 8.96. The highest BCUT2D eigenvalue weighted by Crippen LogP contribution is 2.38. The fourth-order valence-corrected chi connectivity index (χ4v) is 6.41. The van der Waals surface area contributed by atoms with E-state index in [0.717, 1.165) is 60.0 Å². The highest BCUT2D eigenvalue weighted by molar-refractivity contribution is 6.42. The van der Waals surface area contributed by atoms with Crippen molar-refractivity contribution >= 4 is 55.5 Å². The molecule has 1 unspecified atom stereocenters. The van der Waals surface area contributed by atoms with Gasteiger partial charge in [0.25, 0.3) is 0 Å². The summed E-state index contributed by atoms with van der Waals surface area (Å²) in [5, 5.41) is 25.4. The van der Waals surface area contributed by atoms with E-state index in [-0.39, 0.29) is 0 Å². The second kappa shape index (κ2) is 11.7. The number of rotatable bonds is 9. The van der Waals surface area contributed by atoms with E-state index in [9.17, 15) is 5.11 Å². The number of fused-ring (bicyclic) bond motifs is 1. The van der Waals surface area contributed by atoms with Gasteiger partial charge in [0.1, 0.15) is 5.15 Å². The molecule has 2 aromatic heterocycles. The van der Waals surface area contributed by atoms with Gasteiger partial charge in [0.15, 0.2) is 5.60 Å². The summed E-state index contributed by atoms with van der Waals surface area (Å²) in [4.78, 5) is 11.1. The molecule has 0 bridgehead atoms. The molecule has 0 saturated heterocycles. The van der Waals surface area contributed by atoms with Crippen molar-refractivity contribution in [2.75, 3.05) is 24.3 Å². The lowest BCUT2D eigenvalue weighted by Crippen LogP contribution is -2.31. The van der Waals surface area contributed by atoms with Gasteiger partial charge in [-0.25, -0.2) is 9.97 Å². The van der Waals surface area contributed by atoms with E-state index in [2.05, 4.69) is 28.5 Å². The first kappa shape index (κ1) is 28.3. The number of hydrogen-bond donors (Lipinski definition) is 3. The normalized spacial score (nSPS) is 13.0. The average molecular weight is 581 g/mol. The second-order valence-electron chi connectivity index (χ2n) is 10.3. The van der Waals surface area contributed by atoms with E-state index < -0.39 is 5.60 Å². The van der Waals surface area contributed by atoms with Gasteiger partial charge in [-0.2, -0.15) is 0 Å². The Kier molecular flexibility index (Phi) is 8.07. The van der Waals surface area contributed by atoms with Crippen LogP contribution in [0.4, 0.5) is 11.4 Å².